The summed E-state index contributed by atoms with van der Waals surface area (Å²) >= 11 is 0. The fourth-order valence-corrected chi connectivity index (χ4v) is 1.92. The predicted octanol–water partition coefficient (Wildman–Crippen LogP) is 3.20. The molecule has 1 aromatic carbocycles. The first kappa shape index (κ1) is 17.9. The number of esters is 1. The number of ketones is 1. The highest BCUT2D eigenvalue weighted by Gasteiger charge is 2.20. The molecular formula is C17H22O5. The Morgan fingerprint density at radius 3 is 2.45 bits per heavy atom. The van der Waals surface area contributed by atoms with Crippen molar-refractivity contribution in [3.8, 4) is 5.75 Å². The Morgan fingerprint density at radius 1 is 1.23 bits per heavy atom. The normalized spacial score (nSPS) is 10.9. The van der Waals surface area contributed by atoms with Gasteiger partial charge in [-0.15, -0.1) is 0 Å². The Kier molecular flexibility index (Phi) is 6.28. The van der Waals surface area contributed by atoms with Gasteiger partial charge in [0.15, 0.2) is 18.7 Å². The minimum absolute atomic E-state index is 0.176. The first-order valence-corrected chi connectivity index (χ1v) is 7.24. The second-order valence-corrected chi connectivity index (χ2v) is 5.89. The van der Waals surface area contributed by atoms with Crippen molar-refractivity contribution in [3.63, 3.8) is 0 Å². The number of carbonyl (C=O) groups is 3. The fourth-order valence-electron chi connectivity index (χ4n) is 1.92. The van der Waals surface area contributed by atoms with Gasteiger partial charge in [0, 0.05) is 12.0 Å². The smallest absolute Gasteiger partial charge is 0.344 e. The number of benzene rings is 1. The van der Waals surface area contributed by atoms with Crippen LogP contribution >= 0.6 is 0 Å². The molecule has 1 aromatic rings. The number of aldehydes is 1. The lowest BCUT2D eigenvalue weighted by Crippen LogP contribution is -2.27. The lowest BCUT2D eigenvalue weighted by Gasteiger charge is -2.20. The zero-order chi connectivity index (χ0) is 16.8. The van der Waals surface area contributed by atoms with Crippen LogP contribution in [0.5, 0.6) is 5.75 Å². The quantitative estimate of drug-likeness (QED) is 0.439. The lowest BCUT2D eigenvalue weighted by atomic mass is 10.0. The van der Waals surface area contributed by atoms with E-state index < -0.39 is 11.6 Å². The van der Waals surface area contributed by atoms with E-state index >= 15 is 0 Å². The van der Waals surface area contributed by atoms with E-state index in [0.29, 0.717) is 19.1 Å². The van der Waals surface area contributed by atoms with Crippen LogP contribution in [0.1, 0.15) is 61.3 Å². The van der Waals surface area contributed by atoms with Crippen molar-refractivity contribution >= 4 is 18.0 Å². The van der Waals surface area contributed by atoms with Crippen LogP contribution in [0.3, 0.4) is 0 Å². The van der Waals surface area contributed by atoms with Gasteiger partial charge in [-0.3, -0.25) is 9.59 Å². The van der Waals surface area contributed by atoms with E-state index in [-0.39, 0.29) is 29.3 Å². The Morgan fingerprint density at radius 2 is 1.91 bits per heavy atom. The molecule has 0 unspecified atom stereocenters. The highest BCUT2D eigenvalue weighted by Crippen LogP contribution is 2.24. The van der Waals surface area contributed by atoms with Gasteiger partial charge in [-0.25, -0.2) is 4.79 Å². The Bertz CT molecular complexity index is 555. The molecule has 0 aliphatic carbocycles. The van der Waals surface area contributed by atoms with Gasteiger partial charge in [0.1, 0.15) is 11.4 Å². The Hall–Kier alpha value is -2.17. The summed E-state index contributed by atoms with van der Waals surface area (Å²) in [5.41, 5.74) is -0.116. The molecule has 0 heterocycles. The van der Waals surface area contributed by atoms with Crippen LogP contribution in [0.15, 0.2) is 18.2 Å². The third-order valence-electron chi connectivity index (χ3n) is 2.71. The van der Waals surface area contributed by atoms with Crippen molar-refractivity contribution in [1.82, 2.24) is 0 Å². The molecule has 0 N–H and O–H groups in total. The maximum Gasteiger partial charge on any atom is 0.344 e. The summed E-state index contributed by atoms with van der Waals surface area (Å²) in [7, 11) is 0. The topological polar surface area (TPSA) is 69.7 Å². The maximum atomic E-state index is 12.2. The molecule has 0 fully saturated rings. The predicted molar refractivity (Wildman–Crippen MR) is 82.4 cm³/mol. The van der Waals surface area contributed by atoms with Crippen molar-refractivity contribution in [2.75, 3.05) is 6.61 Å². The second-order valence-electron chi connectivity index (χ2n) is 5.89. The maximum absolute atomic E-state index is 12.2. The summed E-state index contributed by atoms with van der Waals surface area (Å²) in [5.74, 6) is -0.476. The van der Waals surface area contributed by atoms with Gasteiger partial charge in [0.2, 0.25) is 0 Å². The van der Waals surface area contributed by atoms with Crippen LogP contribution < -0.4 is 4.74 Å². The van der Waals surface area contributed by atoms with E-state index in [4.69, 9.17) is 9.47 Å². The van der Waals surface area contributed by atoms with Crippen molar-refractivity contribution < 1.29 is 23.9 Å². The molecule has 120 valence electrons. The summed E-state index contributed by atoms with van der Waals surface area (Å²) in [6.45, 7) is 6.84. The Balaban J connectivity index is 2.92. The van der Waals surface area contributed by atoms with Crippen LogP contribution in [-0.2, 0) is 9.53 Å². The molecule has 0 atom stereocenters. The van der Waals surface area contributed by atoms with Crippen LogP contribution in [0, 0.1) is 0 Å². The fraction of sp³-hybridized carbons (Fsp3) is 0.471. The molecule has 5 nitrogen and oxygen atoms in total. The number of hydrogen-bond donors (Lipinski definition) is 0. The van der Waals surface area contributed by atoms with Gasteiger partial charge < -0.3 is 9.47 Å². The monoisotopic (exact) mass is 306 g/mol. The number of Topliss-reactive ketones (excluding diaryl/α,β-unsaturated/α-hetero) is 1. The summed E-state index contributed by atoms with van der Waals surface area (Å²) in [5, 5.41) is 0. The van der Waals surface area contributed by atoms with Gasteiger partial charge in [0.25, 0.3) is 0 Å². The van der Waals surface area contributed by atoms with E-state index in [2.05, 4.69) is 0 Å². The minimum Gasteiger partial charge on any atom is -0.481 e. The number of rotatable bonds is 7. The molecule has 0 saturated heterocycles. The van der Waals surface area contributed by atoms with E-state index in [1.165, 1.54) is 0 Å². The molecule has 22 heavy (non-hydrogen) atoms. The summed E-state index contributed by atoms with van der Waals surface area (Å²) in [6, 6.07) is 4.73. The van der Waals surface area contributed by atoms with Crippen molar-refractivity contribution in [2.24, 2.45) is 0 Å². The number of ether oxygens (including phenoxy) is 2. The van der Waals surface area contributed by atoms with Gasteiger partial charge in [0.05, 0.1) is 5.56 Å². The highest BCUT2D eigenvalue weighted by atomic mass is 16.6. The molecule has 0 amide bonds. The van der Waals surface area contributed by atoms with Crippen LogP contribution in [0.25, 0.3) is 0 Å². The molecule has 0 saturated carbocycles. The lowest BCUT2D eigenvalue weighted by molar-refractivity contribution is -0.157. The SMILES string of the molecule is CCCC(=O)c1c(C=O)cccc1OCC(=O)OC(C)(C)C. The summed E-state index contributed by atoms with van der Waals surface area (Å²) in [4.78, 5) is 35.0. The molecular weight excluding hydrogens is 284 g/mol. The van der Waals surface area contributed by atoms with Crippen LogP contribution in [0.4, 0.5) is 0 Å². The van der Waals surface area contributed by atoms with E-state index in [1.807, 2.05) is 6.92 Å². The number of hydrogen-bond acceptors (Lipinski definition) is 5. The van der Waals surface area contributed by atoms with Gasteiger partial charge in [-0.1, -0.05) is 19.1 Å². The van der Waals surface area contributed by atoms with Crippen molar-refractivity contribution in [2.45, 2.75) is 46.1 Å². The van der Waals surface area contributed by atoms with Crippen LogP contribution in [0.2, 0.25) is 0 Å². The van der Waals surface area contributed by atoms with E-state index in [9.17, 15) is 14.4 Å². The molecule has 0 aliphatic heterocycles. The third kappa shape index (κ3) is 5.31. The molecule has 1 rings (SSSR count). The van der Waals surface area contributed by atoms with Gasteiger partial charge in [-0.05, 0) is 33.3 Å². The second kappa shape index (κ2) is 7.73. The van der Waals surface area contributed by atoms with E-state index in [0.717, 1.165) is 0 Å². The van der Waals surface area contributed by atoms with Gasteiger partial charge in [-0.2, -0.15) is 0 Å². The molecule has 0 spiro atoms. The zero-order valence-corrected chi connectivity index (χ0v) is 13.5. The summed E-state index contributed by atoms with van der Waals surface area (Å²) in [6.07, 6.45) is 1.59. The summed E-state index contributed by atoms with van der Waals surface area (Å²) < 4.78 is 10.5. The molecule has 0 bridgehead atoms. The van der Waals surface area contributed by atoms with Gasteiger partial charge >= 0.3 is 5.97 Å². The highest BCUT2D eigenvalue weighted by molar-refractivity contribution is 6.05. The van der Waals surface area contributed by atoms with E-state index in [1.54, 1.807) is 39.0 Å². The number of carbonyl (C=O) groups excluding carboxylic acids is 3. The molecule has 0 aromatic heterocycles. The average molecular weight is 306 g/mol. The zero-order valence-electron chi connectivity index (χ0n) is 13.5. The third-order valence-corrected chi connectivity index (χ3v) is 2.71. The molecule has 0 aliphatic rings. The standard InChI is InChI=1S/C17H22O5/c1-5-7-13(19)16-12(10-18)8-6-9-14(16)21-11-15(20)22-17(2,3)4/h6,8-10H,5,7,11H2,1-4H3. The molecule has 0 radical (unpaired) electrons. The largest absolute Gasteiger partial charge is 0.481 e. The molecule has 5 heteroatoms. The van der Waals surface area contributed by atoms with Crippen molar-refractivity contribution in [1.29, 1.82) is 0 Å². The van der Waals surface area contributed by atoms with Crippen LogP contribution in [-0.4, -0.2) is 30.2 Å². The average Bonchev–Trinajstić information content (AvgIpc) is 2.43. The Labute approximate surface area is 130 Å². The first-order valence-electron chi connectivity index (χ1n) is 7.24. The minimum atomic E-state index is -0.605. The first-order chi connectivity index (χ1) is 10.3. The van der Waals surface area contributed by atoms with Crippen molar-refractivity contribution in [3.05, 3.63) is 29.3 Å².